The number of hydrogen-bond donors (Lipinski definition) is 1. The van der Waals surface area contributed by atoms with Crippen LogP contribution in [0.3, 0.4) is 0 Å². The van der Waals surface area contributed by atoms with Crippen molar-refractivity contribution >= 4 is 0 Å². The van der Waals surface area contributed by atoms with E-state index < -0.39 is 0 Å². The molecule has 0 fully saturated rings. The fourth-order valence-corrected chi connectivity index (χ4v) is 2.14. The molecule has 0 saturated heterocycles. The van der Waals surface area contributed by atoms with E-state index in [9.17, 15) is 4.39 Å². The third kappa shape index (κ3) is 5.87. The lowest BCUT2D eigenvalue weighted by molar-refractivity contribution is 0.373. The smallest absolute Gasteiger partial charge is 0.126 e. The second kappa shape index (κ2) is 8.81. The largest absolute Gasteiger partial charge is 0.315 e. The molecule has 1 rings (SSSR count). The molecule has 0 aliphatic heterocycles. The van der Waals surface area contributed by atoms with Crippen LogP contribution < -0.4 is 5.32 Å². The zero-order valence-corrected chi connectivity index (χ0v) is 14.6. The Hall–Kier alpha value is -1.37. The summed E-state index contributed by atoms with van der Waals surface area (Å²) in [7, 11) is 1.96. The van der Waals surface area contributed by atoms with Crippen LogP contribution >= 0.6 is 0 Å². The maximum absolute atomic E-state index is 13.4. The molecular weight excluding hydrogens is 261 g/mol. The van der Waals surface area contributed by atoms with Crippen molar-refractivity contribution in [3.63, 3.8) is 0 Å². The summed E-state index contributed by atoms with van der Waals surface area (Å²) in [4.78, 5) is 0. The van der Waals surface area contributed by atoms with E-state index in [4.69, 9.17) is 0 Å². The highest BCUT2D eigenvalue weighted by atomic mass is 19.1. The van der Waals surface area contributed by atoms with Crippen LogP contribution in [0.4, 0.5) is 4.39 Å². The molecule has 0 aliphatic rings. The highest BCUT2D eigenvalue weighted by Crippen LogP contribution is 2.32. The van der Waals surface area contributed by atoms with Crippen LogP contribution in [0.15, 0.2) is 36.1 Å². The first-order chi connectivity index (χ1) is 9.80. The monoisotopic (exact) mass is 291 g/mol. The lowest BCUT2D eigenvalue weighted by Gasteiger charge is -2.30. The highest BCUT2D eigenvalue weighted by Gasteiger charge is 2.24. The second-order valence-corrected chi connectivity index (χ2v) is 5.76. The molecule has 0 saturated carbocycles. The summed E-state index contributed by atoms with van der Waals surface area (Å²) in [5.74, 6) is 0.0508. The van der Waals surface area contributed by atoms with Gasteiger partial charge in [0, 0.05) is 11.5 Å². The van der Waals surface area contributed by atoms with Gasteiger partial charge in [0.25, 0.3) is 0 Å². The fourth-order valence-electron chi connectivity index (χ4n) is 2.14. The molecule has 1 aromatic rings. The minimum absolute atomic E-state index is 0.00503. The first-order valence-electron chi connectivity index (χ1n) is 7.62. The van der Waals surface area contributed by atoms with Gasteiger partial charge in [-0.2, -0.15) is 0 Å². The summed E-state index contributed by atoms with van der Waals surface area (Å²) in [5.41, 5.74) is 5.89. The minimum Gasteiger partial charge on any atom is -0.315 e. The van der Waals surface area contributed by atoms with Gasteiger partial charge < -0.3 is 5.32 Å². The van der Waals surface area contributed by atoms with E-state index in [1.165, 1.54) is 0 Å². The Labute approximate surface area is 130 Å². The van der Waals surface area contributed by atoms with Gasteiger partial charge in [0.05, 0.1) is 0 Å². The van der Waals surface area contributed by atoms with Crippen LogP contribution in [0, 0.1) is 12.7 Å². The van der Waals surface area contributed by atoms with Crippen molar-refractivity contribution in [3.05, 3.63) is 53.0 Å². The molecule has 21 heavy (non-hydrogen) atoms. The maximum Gasteiger partial charge on any atom is 0.126 e. The number of halogens is 1. The average molecular weight is 291 g/mol. The summed E-state index contributed by atoms with van der Waals surface area (Å²) < 4.78 is 13.4. The number of aryl methyl sites for hydroxylation is 1. The van der Waals surface area contributed by atoms with Gasteiger partial charge in [0.2, 0.25) is 0 Å². The van der Waals surface area contributed by atoms with Crippen LogP contribution in [0.1, 0.15) is 58.1 Å². The van der Waals surface area contributed by atoms with Gasteiger partial charge in [-0.1, -0.05) is 32.6 Å². The van der Waals surface area contributed by atoms with Gasteiger partial charge in [0.1, 0.15) is 5.82 Å². The van der Waals surface area contributed by atoms with Crippen LogP contribution in [0.5, 0.6) is 0 Å². The normalized spacial score (nSPS) is 12.0. The number of nitrogens with one attached hydrogen (secondary N) is 1. The lowest BCUT2D eigenvalue weighted by atomic mass is 9.81. The van der Waals surface area contributed by atoms with Crippen molar-refractivity contribution in [2.75, 3.05) is 7.05 Å². The Morgan fingerprint density at radius 3 is 2.38 bits per heavy atom. The van der Waals surface area contributed by atoms with Gasteiger partial charge in [-0.15, -0.1) is 5.73 Å². The Morgan fingerprint density at radius 2 is 1.95 bits per heavy atom. The number of rotatable bonds is 5. The fraction of sp³-hybridized carbons (Fsp3) is 0.526. The predicted molar refractivity (Wildman–Crippen MR) is 91.3 cm³/mol. The van der Waals surface area contributed by atoms with Gasteiger partial charge in [-0.05, 0) is 63.9 Å². The summed E-state index contributed by atoms with van der Waals surface area (Å²) in [5, 5.41) is 3.31. The first-order valence-corrected chi connectivity index (χ1v) is 7.62. The van der Waals surface area contributed by atoms with E-state index in [1.807, 2.05) is 40.0 Å². The molecule has 1 nitrogen and oxygen atoms in total. The van der Waals surface area contributed by atoms with E-state index in [-0.39, 0.29) is 17.3 Å². The first kappa shape index (κ1) is 19.6. The molecule has 1 atom stereocenters. The maximum atomic E-state index is 13.4. The quantitative estimate of drug-likeness (QED) is 0.720. The second-order valence-electron chi connectivity index (χ2n) is 5.76. The molecule has 0 bridgehead atoms. The van der Waals surface area contributed by atoms with E-state index >= 15 is 0 Å². The highest BCUT2D eigenvalue weighted by molar-refractivity contribution is 5.32. The molecule has 0 aliphatic carbocycles. The molecule has 1 unspecified atom stereocenters. The van der Waals surface area contributed by atoms with E-state index in [0.717, 1.165) is 17.6 Å². The Kier molecular flexibility index (Phi) is 8.24. The molecule has 0 amide bonds. The molecule has 2 heteroatoms. The van der Waals surface area contributed by atoms with Crippen LogP contribution in [0.25, 0.3) is 0 Å². The molecule has 0 aromatic heterocycles. The molecule has 0 spiro atoms. The Bertz CT molecular complexity index is 496. The van der Waals surface area contributed by atoms with Gasteiger partial charge >= 0.3 is 0 Å². The van der Waals surface area contributed by atoms with Gasteiger partial charge in [-0.3, -0.25) is 0 Å². The standard InChI is InChI=1S/C17H24FN.C2H6/c1-7-12(2)15(11-17(4,5)19-6)14-8-9-16(18)13(3)10-14;1-2/h8-10,15,19H,1,11H2,2-6H3;1-2H3. The Morgan fingerprint density at radius 1 is 1.38 bits per heavy atom. The molecule has 1 aromatic carbocycles. The van der Waals surface area contributed by atoms with Crippen molar-refractivity contribution in [2.45, 2.75) is 59.4 Å². The number of benzene rings is 1. The van der Waals surface area contributed by atoms with Crippen LogP contribution in [-0.2, 0) is 0 Å². The van der Waals surface area contributed by atoms with E-state index in [1.54, 1.807) is 13.0 Å². The van der Waals surface area contributed by atoms with E-state index in [2.05, 4.69) is 31.5 Å². The van der Waals surface area contributed by atoms with Crippen molar-refractivity contribution in [3.8, 4) is 0 Å². The average Bonchev–Trinajstić information content (AvgIpc) is 2.49. The van der Waals surface area contributed by atoms with Gasteiger partial charge in [-0.25, -0.2) is 4.39 Å². The third-order valence-electron chi connectivity index (χ3n) is 3.78. The summed E-state index contributed by atoms with van der Waals surface area (Å²) >= 11 is 0. The van der Waals surface area contributed by atoms with Crippen molar-refractivity contribution in [1.29, 1.82) is 0 Å². The van der Waals surface area contributed by atoms with Crippen molar-refractivity contribution in [1.82, 2.24) is 5.32 Å². The van der Waals surface area contributed by atoms with Crippen molar-refractivity contribution < 1.29 is 4.39 Å². The summed E-state index contributed by atoms with van der Waals surface area (Å²) in [6.45, 7) is 15.9. The summed E-state index contributed by atoms with van der Waals surface area (Å²) in [6.07, 6.45) is 0.920. The lowest BCUT2D eigenvalue weighted by Crippen LogP contribution is -2.37. The summed E-state index contributed by atoms with van der Waals surface area (Å²) in [6, 6.07) is 5.33. The van der Waals surface area contributed by atoms with E-state index in [0.29, 0.717) is 5.56 Å². The van der Waals surface area contributed by atoms with Crippen LogP contribution in [-0.4, -0.2) is 12.6 Å². The zero-order valence-electron chi connectivity index (χ0n) is 14.6. The topological polar surface area (TPSA) is 12.0 Å². The molecular formula is C19H30FN. The van der Waals surface area contributed by atoms with Crippen molar-refractivity contribution in [2.24, 2.45) is 0 Å². The molecule has 118 valence electrons. The van der Waals surface area contributed by atoms with Crippen LogP contribution in [0.2, 0.25) is 0 Å². The number of allylic oxidation sites excluding steroid dienone is 1. The molecule has 0 heterocycles. The molecule has 1 N–H and O–H groups in total. The SMILES string of the molecule is C=C=C(C)C(CC(C)(C)NC)c1ccc(F)c(C)c1.CC. The number of hydrogen-bond acceptors (Lipinski definition) is 1. The minimum atomic E-state index is -0.157. The third-order valence-corrected chi connectivity index (χ3v) is 3.78. The van der Waals surface area contributed by atoms with Gasteiger partial charge in [0.15, 0.2) is 0 Å². The zero-order chi connectivity index (χ0) is 16.6. The Balaban J connectivity index is 0.00000191. The predicted octanol–water partition coefficient (Wildman–Crippen LogP) is 5.36. The molecule has 0 radical (unpaired) electrons.